The Balaban J connectivity index is 2.82. The molecule has 0 spiro atoms. The molecule has 4 heteroatoms. The Hall–Kier alpha value is -1.39. The number of amides is 1. The Morgan fingerprint density at radius 2 is 2.24 bits per heavy atom. The van der Waals surface area contributed by atoms with Crippen LogP contribution in [-0.2, 0) is 6.42 Å². The first-order chi connectivity index (χ1) is 7.98. The van der Waals surface area contributed by atoms with Gasteiger partial charge in [0.2, 0.25) is 0 Å². The van der Waals surface area contributed by atoms with Gasteiger partial charge in [0.15, 0.2) is 0 Å². The number of nitrogens with two attached hydrogens (primary N) is 1. The van der Waals surface area contributed by atoms with Crippen molar-refractivity contribution in [3.8, 4) is 0 Å². The van der Waals surface area contributed by atoms with Gasteiger partial charge in [-0.15, -0.1) is 0 Å². The molecule has 1 atom stereocenters. The first kappa shape index (κ1) is 13.7. The molecule has 0 aliphatic rings. The standard InChI is InChI=1S/C13H20N2O2/c1-3-15-12(17)11-6-4-5-10(7-11)8-13(2,14)9-16/h4-7,16H,3,8-9,14H2,1-2H3,(H,15,17). The fourth-order valence-corrected chi connectivity index (χ4v) is 1.61. The normalized spacial score (nSPS) is 14.1. The second-order valence-corrected chi connectivity index (χ2v) is 4.55. The summed E-state index contributed by atoms with van der Waals surface area (Å²) in [5.41, 5.74) is 6.80. The van der Waals surface area contributed by atoms with Crippen LogP contribution in [0.1, 0.15) is 29.8 Å². The fraction of sp³-hybridized carbons (Fsp3) is 0.462. The Kier molecular flexibility index (Phi) is 4.66. The zero-order valence-corrected chi connectivity index (χ0v) is 10.4. The van der Waals surface area contributed by atoms with Crippen molar-refractivity contribution < 1.29 is 9.90 Å². The van der Waals surface area contributed by atoms with E-state index in [4.69, 9.17) is 10.8 Å². The van der Waals surface area contributed by atoms with Crippen molar-refractivity contribution in [2.75, 3.05) is 13.2 Å². The SMILES string of the molecule is CCNC(=O)c1cccc(CC(C)(N)CO)c1. The summed E-state index contributed by atoms with van der Waals surface area (Å²) in [4.78, 5) is 11.6. The van der Waals surface area contributed by atoms with E-state index in [2.05, 4.69) is 5.32 Å². The molecule has 0 heterocycles. The number of carbonyl (C=O) groups excluding carboxylic acids is 1. The molecule has 0 aromatic heterocycles. The molecule has 1 unspecified atom stereocenters. The van der Waals surface area contributed by atoms with E-state index in [1.54, 1.807) is 13.0 Å². The van der Waals surface area contributed by atoms with Gasteiger partial charge in [0.25, 0.3) is 5.91 Å². The van der Waals surface area contributed by atoms with Gasteiger partial charge in [-0.3, -0.25) is 4.79 Å². The highest BCUT2D eigenvalue weighted by molar-refractivity contribution is 5.94. The smallest absolute Gasteiger partial charge is 0.251 e. The number of carbonyl (C=O) groups is 1. The van der Waals surface area contributed by atoms with E-state index in [-0.39, 0.29) is 12.5 Å². The summed E-state index contributed by atoms with van der Waals surface area (Å²) < 4.78 is 0. The van der Waals surface area contributed by atoms with E-state index in [0.717, 1.165) is 5.56 Å². The molecule has 0 saturated carbocycles. The molecule has 0 fully saturated rings. The summed E-state index contributed by atoms with van der Waals surface area (Å²) in [6, 6.07) is 7.31. The molecule has 1 amide bonds. The largest absolute Gasteiger partial charge is 0.394 e. The van der Waals surface area contributed by atoms with E-state index >= 15 is 0 Å². The van der Waals surface area contributed by atoms with E-state index < -0.39 is 5.54 Å². The molecule has 1 aromatic carbocycles. The summed E-state index contributed by atoms with van der Waals surface area (Å²) in [7, 11) is 0. The number of aliphatic hydroxyl groups excluding tert-OH is 1. The molecular formula is C13H20N2O2. The van der Waals surface area contributed by atoms with Crippen LogP contribution in [0.3, 0.4) is 0 Å². The van der Waals surface area contributed by atoms with Crippen LogP contribution in [0.5, 0.6) is 0 Å². The monoisotopic (exact) mass is 236 g/mol. The van der Waals surface area contributed by atoms with Crippen LogP contribution < -0.4 is 11.1 Å². The third kappa shape index (κ3) is 4.17. The van der Waals surface area contributed by atoms with Crippen molar-refractivity contribution in [3.05, 3.63) is 35.4 Å². The van der Waals surface area contributed by atoms with Gasteiger partial charge in [0.05, 0.1) is 6.61 Å². The molecule has 0 saturated heterocycles. The van der Waals surface area contributed by atoms with Crippen LogP contribution in [0.25, 0.3) is 0 Å². The van der Waals surface area contributed by atoms with Crippen LogP contribution in [0.2, 0.25) is 0 Å². The fourth-order valence-electron chi connectivity index (χ4n) is 1.61. The molecule has 0 aliphatic carbocycles. The quantitative estimate of drug-likeness (QED) is 0.704. The van der Waals surface area contributed by atoms with E-state index in [1.165, 1.54) is 0 Å². The molecule has 0 aliphatic heterocycles. The molecule has 1 rings (SSSR count). The zero-order valence-electron chi connectivity index (χ0n) is 10.4. The summed E-state index contributed by atoms with van der Waals surface area (Å²) >= 11 is 0. The van der Waals surface area contributed by atoms with Crippen molar-refractivity contribution in [3.63, 3.8) is 0 Å². The predicted octanol–water partition coefficient (Wildman–Crippen LogP) is 0.689. The van der Waals surface area contributed by atoms with Crippen LogP contribution in [-0.4, -0.2) is 29.7 Å². The second kappa shape index (κ2) is 5.80. The topological polar surface area (TPSA) is 75.4 Å². The van der Waals surface area contributed by atoms with Crippen molar-refractivity contribution in [2.45, 2.75) is 25.8 Å². The predicted molar refractivity (Wildman–Crippen MR) is 67.8 cm³/mol. The maximum Gasteiger partial charge on any atom is 0.251 e. The minimum Gasteiger partial charge on any atom is -0.394 e. The number of nitrogens with one attached hydrogen (secondary N) is 1. The van der Waals surface area contributed by atoms with Gasteiger partial charge in [-0.1, -0.05) is 12.1 Å². The van der Waals surface area contributed by atoms with Gasteiger partial charge >= 0.3 is 0 Å². The first-order valence-electron chi connectivity index (χ1n) is 5.75. The number of benzene rings is 1. The van der Waals surface area contributed by atoms with Crippen molar-refractivity contribution in [1.29, 1.82) is 0 Å². The maximum atomic E-state index is 11.6. The lowest BCUT2D eigenvalue weighted by Crippen LogP contribution is -2.42. The maximum absolute atomic E-state index is 11.6. The second-order valence-electron chi connectivity index (χ2n) is 4.55. The number of hydrogen-bond acceptors (Lipinski definition) is 3. The zero-order chi connectivity index (χ0) is 12.9. The molecule has 1 aromatic rings. The molecule has 0 radical (unpaired) electrons. The average molecular weight is 236 g/mol. The van der Waals surface area contributed by atoms with Gasteiger partial charge in [-0.2, -0.15) is 0 Å². The number of hydrogen-bond donors (Lipinski definition) is 3. The van der Waals surface area contributed by atoms with Crippen molar-refractivity contribution >= 4 is 5.91 Å². The highest BCUT2D eigenvalue weighted by atomic mass is 16.3. The average Bonchev–Trinajstić information content (AvgIpc) is 2.29. The lowest BCUT2D eigenvalue weighted by atomic mass is 9.94. The first-order valence-corrected chi connectivity index (χ1v) is 5.75. The van der Waals surface area contributed by atoms with E-state index in [9.17, 15) is 4.79 Å². The highest BCUT2D eigenvalue weighted by Gasteiger charge is 2.18. The van der Waals surface area contributed by atoms with E-state index in [1.807, 2.05) is 25.1 Å². The summed E-state index contributed by atoms with van der Waals surface area (Å²) in [6.45, 7) is 4.18. The van der Waals surface area contributed by atoms with Gasteiger partial charge in [0, 0.05) is 17.6 Å². The van der Waals surface area contributed by atoms with Gasteiger partial charge < -0.3 is 16.2 Å². The number of aliphatic hydroxyl groups is 1. The Morgan fingerprint density at radius 3 is 2.82 bits per heavy atom. The Bertz CT molecular complexity index is 389. The summed E-state index contributed by atoms with van der Waals surface area (Å²) in [6.07, 6.45) is 0.538. The molecular weight excluding hydrogens is 216 g/mol. The van der Waals surface area contributed by atoms with Crippen molar-refractivity contribution in [2.24, 2.45) is 5.73 Å². The Labute approximate surface area is 102 Å². The lowest BCUT2D eigenvalue weighted by molar-refractivity contribution is 0.0955. The third-order valence-electron chi connectivity index (χ3n) is 2.50. The van der Waals surface area contributed by atoms with Crippen LogP contribution in [0.4, 0.5) is 0 Å². The lowest BCUT2D eigenvalue weighted by Gasteiger charge is -2.21. The van der Waals surface area contributed by atoms with Gasteiger partial charge in [-0.25, -0.2) is 0 Å². The number of rotatable bonds is 5. The Morgan fingerprint density at radius 1 is 1.53 bits per heavy atom. The van der Waals surface area contributed by atoms with Crippen LogP contribution in [0, 0.1) is 0 Å². The molecule has 94 valence electrons. The molecule has 0 bridgehead atoms. The molecule has 17 heavy (non-hydrogen) atoms. The highest BCUT2D eigenvalue weighted by Crippen LogP contribution is 2.12. The van der Waals surface area contributed by atoms with Gasteiger partial charge in [-0.05, 0) is 38.0 Å². The van der Waals surface area contributed by atoms with E-state index in [0.29, 0.717) is 18.5 Å². The van der Waals surface area contributed by atoms with Gasteiger partial charge in [0.1, 0.15) is 0 Å². The molecule has 4 nitrogen and oxygen atoms in total. The van der Waals surface area contributed by atoms with Crippen LogP contribution in [0.15, 0.2) is 24.3 Å². The summed E-state index contributed by atoms with van der Waals surface area (Å²) in [5, 5.41) is 11.9. The minimum absolute atomic E-state index is 0.0849. The van der Waals surface area contributed by atoms with Crippen LogP contribution >= 0.6 is 0 Å². The third-order valence-corrected chi connectivity index (χ3v) is 2.50. The molecule has 4 N–H and O–H groups in total. The minimum atomic E-state index is -0.653. The van der Waals surface area contributed by atoms with Crippen molar-refractivity contribution in [1.82, 2.24) is 5.32 Å². The summed E-state index contributed by atoms with van der Waals surface area (Å²) in [5.74, 6) is -0.0860.